The van der Waals surface area contributed by atoms with E-state index in [9.17, 15) is 4.79 Å². The monoisotopic (exact) mass is 216 g/mol. The first kappa shape index (κ1) is 11.9. The average molecular weight is 216 g/mol. The molecule has 0 aromatic rings. The van der Waals surface area contributed by atoms with Crippen molar-refractivity contribution >= 4 is 17.7 Å². The Balaban J connectivity index is 2.46. The van der Waals surface area contributed by atoms with Gasteiger partial charge in [-0.2, -0.15) is 11.8 Å². The summed E-state index contributed by atoms with van der Waals surface area (Å²) >= 11 is 1.60. The summed E-state index contributed by atoms with van der Waals surface area (Å²) in [5.41, 5.74) is 5.94. The molecule has 1 saturated heterocycles. The van der Waals surface area contributed by atoms with Crippen molar-refractivity contribution in [2.24, 2.45) is 5.73 Å². The van der Waals surface area contributed by atoms with Crippen LogP contribution < -0.4 is 5.73 Å². The molecule has 1 unspecified atom stereocenters. The molecular formula is C10H20N2OS. The Kier molecular flexibility index (Phi) is 3.84. The third kappa shape index (κ3) is 2.89. The SMILES string of the molecule is CSC(C)C(=O)N1CCC(C)(N)CC1. The molecule has 1 rings (SSSR count). The van der Waals surface area contributed by atoms with Crippen molar-refractivity contribution < 1.29 is 4.79 Å². The van der Waals surface area contributed by atoms with Crippen LogP contribution in [0.15, 0.2) is 0 Å². The van der Waals surface area contributed by atoms with Gasteiger partial charge in [-0.3, -0.25) is 4.79 Å². The molecule has 1 aliphatic rings. The third-order valence-electron chi connectivity index (χ3n) is 2.92. The largest absolute Gasteiger partial charge is 0.342 e. The molecule has 3 nitrogen and oxygen atoms in total. The van der Waals surface area contributed by atoms with Gasteiger partial charge in [0.2, 0.25) is 5.91 Å². The molecule has 0 aromatic carbocycles. The van der Waals surface area contributed by atoms with Crippen molar-refractivity contribution in [3.8, 4) is 0 Å². The minimum Gasteiger partial charge on any atom is -0.342 e. The average Bonchev–Trinajstić information content (AvgIpc) is 2.15. The van der Waals surface area contributed by atoms with E-state index < -0.39 is 0 Å². The summed E-state index contributed by atoms with van der Waals surface area (Å²) in [5, 5.41) is 0.0807. The molecule has 1 heterocycles. The van der Waals surface area contributed by atoms with Crippen LogP contribution in [0.25, 0.3) is 0 Å². The number of nitrogens with two attached hydrogens (primary N) is 1. The van der Waals surface area contributed by atoms with Crippen LogP contribution in [-0.2, 0) is 4.79 Å². The second-order valence-corrected chi connectivity index (χ2v) is 5.54. The van der Waals surface area contributed by atoms with E-state index in [0.717, 1.165) is 25.9 Å². The Bertz CT molecular complexity index is 208. The number of hydrogen-bond acceptors (Lipinski definition) is 3. The quantitative estimate of drug-likeness (QED) is 0.751. The topological polar surface area (TPSA) is 46.3 Å². The zero-order valence-electron chi connectivity index (χ0n) is 9.25. The van der Waals surface area contributed by atoms with Gasteiger partial charge in [-0.15, -0.1) is 0 Å². The number of nitrogens with zero attached hydrogens (tertiary/aromatic N) is 1. The first-order chi connectivity index (χ1) is 6.46. The predicted octanol–water partition coefficient (Wildman–Crippen LogP) is 1.08. The summed E-state index contributed by atoms with van der Waals surface area (Å²) in [6.45, 7) is 5.66. The van der Waals surface area contributed by atoms with Crippen LogP contribution in [0.5, 0.6) is 0 Å². The molecular weight excluding hydrogens is 196 g/mol. The van der Waals surface area contributed by atoms with Crippen LogP contribution in [0.3, 0.4) is 0 Å². The van der Waals surface area contributed by atoms with E-state index in [-0.39, 0.29) is 16.7 Å². The van der Waals surface area contributed by atoms with E-state index in [1.807, 2.05) is 18.1 Å². The van der Waals surface area contributed by atoms with Crippen molar-refractivity contribution in [2.45, 2.75) is 37.5 Å². The van der Waals surface area contributed by atoms with Gasteiger partial charge in [-0.25, -0.2) is 0 Å². The summed E-state index contributed by atoms with van der Waals surface area (Å²) in [5.74, 6) is 0.257. The molecule has 2 N–H and O–H groups in total. The number of piperidine rings is 1. The van der Waals surface area contributed by atoms with Crippen molar-refractivity contribution in [3.05, 3.63) is 0 Å². The molecule has 0 spiro atoms. The Hall–Kier alpha value is -0.220. The fourth-order valence-electron chi connectivity index (χ4n) is 1.60. The number of thioether (sulfide) groups is 1. The lowest BCUT2D eigenvalue weighted by molar-refractivity contribution is -0.131. The molecule has 82 valence electrons. The van der Waals surface area contributed by atoms with Crippen LogP contribution >= 0.6 is 11.8 Å². The minimum atomic E-state index is -0.0701. The van der Waals surface area contributed by atoms with E-state index in [4.69, 9.17) is 5.73 Å². The highest BCUT2D eigenvalue weighted by atomic mass is 32.2. The summed E-state index contributed by atoms with van der Waals surface area (Å²) in [6, 6.07) is 0. The summed E-state index contributed by atoms with van der Waals surface area (Å²) in [6.07, 6.45) is 3.80. The fraction of sp³-hybridized carbons (Fsp3) is 0.900. The van der Waals surface area contributed by atoms with Gasteiger partial charge in [0.05, 0.1) is 5.25 Å². The fourth-order valence-corrected chi connectivity index (χ4v) is 1.95. The number of hydrogen-bond donors (Lipinski definition) is 1. The number of carbonyl (C=O) groups is 1. The number of rotatable bonds is 2. The Labute approximate surface area is 90.4 Å². The lowest BCUT2D eigenvalue weighted by atomic mass is 9.91. The zero-order valence-corrected chi connectivity index (χ0v) is 10.1. The summed E-state index contributed by atoms with van der Waals surface area (Å²) in [7, 11) is 0. The molecule has 0 saturated carbocycles. The lowest BCUT2D eigenvalue weighted by Crippen LogP contribution is -2.51. The predicted molar refractivity (Wildman–Crippen MR) is 61.4 cm³/mol. The molecule has 0 aliphatic carbocycles. The molecule has 1 amide bonds. The number of likely N-dealkylation sites (tertiary alicyclic amines) is 1. The van der Waals surface area contributed by atoms with Crippen molar-refractivity contribution in [3.63, 3.8) is 0 Å². The second kappa shape index (κ2) is 4.53. The van der Waals surface area contributed by atoms with Gasteiger partial charge in [-0.1, -0.05) is 0 Å². The molecule has 1 fully saturated rings. The highest BCUT2D eigenvalue weighted by Gasteiger charge is 2.29. The van der Waals surface area contributed by atoms with Crippen LogP contribution in [0.1, 0.15) is 26.7 Å². The van der Waals surface area contributed by atoms with Crippen LogP contribution in [-0.4, -0.2) is 40.9 Å². The van der Waals surface area contributed by atoms with Gasteiger partial charge in [0, 0.05) is 18.6 Å². The number of amides is 1. The van der Waals surface area contributed by atoms with Crippen molar-refractivity contribution in [2.75, 3.05) is 19.3 Å². The van der Waals surface area contributed by atoms with Crippen molar-refractivity contribution in [1.82, 2.24) is 4.90 Å². The van der Waals surface area contributed by atoms with E-state index in [1.165, 1.54) is 0 Å². The summed E-state index contributed by atoms with van der Waals surface area (Å²) in [4.78, 5) is 13.7. The Morgan fingerprint density at radius 2 is 2.00 bits per heavy atom. The molecule has 14 heavy (non-hydrogen) atoms. The standard InChI is InChI=1S/C10H20N2OS/c1-8(14-3)9(13)12-6-4-10(2,11)5-7-12/h8H,4-7,11H2,1-3H3. The lowest BCUT2D eigenvalue weighted by Gasteiger charge is -2.37. The highest BCUT2D eigenvalue weighted by molar-refractivity contribution is 7.99. The highest BCUT2D eigenvalue weighted by Crippen LogP contribution is 2.20. The first-order valence-electron chi connectivity index (χ1n) is 5.07. The van der Waals surface area contributed by atoms with Crippen molar-refractivity contribution in [1.29, 1.82) is 0 Å². The van der Waals surface area contributed by atoms with Gasteiger partial charge in [0.1, 0.15) is 0 Å². The van der Waals surface area contributed by atoms with Crippen LogP contribution in [0.2, 0.25) is 0 Å². The maximum Gasteiger partial charge on any atom is 0.235 e. The Morgan fingerprint density at radius 1 is 1.50 bits per heavy atom. The van der Waals surface area contributed by atoms with Gasteiger partial charge < -0.3 is 10.6 Å². The molecule has 1 aliphatic heterocycles. The van der Waals surface area contributed by atoms with Crippen LogP contribution in [0.4, 0.5) is 0 Å². The summed E-state index contributed by atoms with van der Waals surface area (Å²) < 4.78 is 0. The third-order valence-corrected chi connectivity index (χ3v) is 3.83. The normalized spacial score (nSPS) is 23.3. The maximum absolute atomic E-state index is 11.8. The Morgan fingerprint density at radius 3 is 2.43 bits per heavy atom. The molecule has 1 atom stereocenters. The molecule has 0 aromatic heterocycles. The first-order valence-corrected chi connectivity index (χ1v) is 6.35. The molecule has 0 radical (unpaired) electrons. The van der Waals surface area contributed by atoms with E-state index >= 15 is 0 Å². The van der Waals surface area contributed by atoms with Gasteiger partial charge in [0.15, 0.2) is 0 Å². The van der Waals surface area contributed by atoms with Gasteiger partial charge in [-0.05, 0) is 32.9 Å². The van der Waals surface area contributed by atoms with E-state index in [0.29, 0.717) is 0 Å². The van der Waals surface area contributed by atoms with Gasteiger partial charge >= 0.3 is 0 Å². The minimum absolute atomic E-state index is 0.0701. The smallest absolute Gasteiger partial charge is 0.235 e. The molecule has 0 bridgehead atoms. The molecule has 4 heteroatoms. The number of carbonyl (C=O) groups excluding carboxylic acids is 1. The van der Waals surface area contributed by atoms with E-state index in [2.05, 4.69) is 6.92 Å². The maximum atomic E-state index is 11.8. The van der Waals surface area contributed by atoms with Gasteiger partial charge in [0.25, 0.3) is 0 Å². The van der Waals surface area contributed by atoms with Crippen LogP contribution in [0, 0.1) is 0 Å². The van der Waals surface area contributed by atoms with E-state index in [1.54, 1.807) is 11.8 Å². The second-order valence-electron chi connectivity index (χ2n) is 4.36. The zero-order chi connectivity index (χ0) is 10.8.